The van der Waals surface area contributed by atoms with Crippen LogP contribution in [0.3, 0.4) is 0 Å². The molecule has 110 valence electrons. The zero-order chi connectivity index (χ0) is 13.7. The third kappa shape index (κ3) is 4.37. The zero-order valence-corrected chi connectivity index (χ0v) is 12.9. The van der Waals surface area contributed by atoms with Gasteiger partial charge in [-0.15, -0.1) is 11.6 Å². The van der Waals surface area contributed by atoms with Crippen molar-refractivity contribution in [3.8, 4) is 0 Å². The van der Waals surface area contributed by atoms with Crippen molar-refractivity contribution in [1.29, 1.82) is 0 Å². The number of carbonyl (C=O) groups is 1. The van der Waals surface area contributed by atoms with Crippen LogP contribution in [0.25, 0.3) is 0 Å². The van der Waals surface area contributed by atoms with E-state index < -0.39 is 0 Å². The SMILES string of the molecule is CCC(Cl)CCNC(=O)C1CCC2CCCCC2C1. The van der Waals surface area contributed by atoms with E-state index in [4.69, 9.17) is 11.6 Å². The van der Waals surface area contributed by atoms with Crippen molar-refractivity contribution in [2.75, 3.05) is 6.54 Å². The maximum atomic E-state index is 12.2. The van der Waals surface area contributed by atoms with Gasteiger partial charge >= 0.3 is 0 Å². The van der Waals surface area contributed by atoms with E-state index in [1.54, 1.807) is 0 Å². The molecule has 0 aromatic carbocycles. The van der Waals surface area contributed by atoms with Gasteiger partial charge in [0, 0.05) is 17.8 Å². The molecule has 2 rings (SSSR count). The largest absolute Gasteiger partial charge is 0.356 e. The molecule has 1 amide bonds. The molecule has 2 nitrogen and oxygen atoms in total. The Labute approximate surface area is 122 Å². The van der Waals surface area contributed by atoms with Crippen molar-refractivity contribution >= 4 is 17.5 Å². The lowest BCUT2D eigenvalue weighted by molar-refractivity contribution is -0.127. The molecule has 19 heavy (non-hydrogen) atoms. The molecule has 4 atom stereocenters. The van der Waals surface area contributed by atoms with Crippen molar-refractivity contribution in [3.05, 3.63) is 0 Å². The minimum Gasteiger partial charge on any atom is -0.356 e. The Hall–Kier alpha value is -0.240. The Balaban J connectivity index is 1.71. The number of carbonyl (C=O) groups excluding carboxylic acids is 1. The summed E-state index contributed by atoms with van der Waals surface area (Å²) < 4.78 is 0. The first-order valence-corrected chi connectivity index (χ1v) is 8.56. The van der Waals surface area contributed by atoms with Gasteiger partial charge in [0.05, 0.1) is 0 Å². The van der Waals surface area contributed by atoms with Crippen molar-refractivity contribution in [2.24, 2.45) is 17.8 Å². The Kier molecular flexibility index (Phi) is 6.00. The van der Waals surface area contributed by atoms with Gasteiger partial charge in [-0.3, -0.25) is 4.79 Å². The summed E-state index contributed by atoms with van der Waals surface area (Å²) in [7, 11) is 0. The Morgan fingerprint density at radius 1 is 1.21 bits per heavy atom. The van der Waals surface area contributed by atoms with Crippen LogP contribution in [-0.2, 0) is 4.79 Å². The fraction of sp³-hybridized carbons (Fsp3) is 0.938. The van der Waals surface area contributed by atoms with Crippen LogP contribution in [0.5, 0.6) is 0 Å². The molecule has 1 N–H and O–H groups in total. The molecule has 0 bridgehead atoms. The molecule has 0 spiro atoms. The summed E-state index contributed by atoms with van der Waals surface area (Å²) in [4.78, 5) is 12.2. The highest BCUT2D eigenvalue weighted by Crippen LogP contribution is 2.42. The average molecular weight is 286 g/mol. The van der Waals surface area contributed by atoms with Crippen LogP contribution in [0.2, 0.25) is 0 Å². The van der Waals surface area contributed by atoms with Crippen LogP contribution in [0.4, 0.5) is 0 Å². The topological polar surface area (TPSA) is 29.1 Å². The predicted molar refractivity (Wildman–Crippen MR) is 80.3 cm³/mol. The Bertz CT molecular complexity index is 294. The van der Waals surface area contributed by atoms with Crippen LogP contribution >= 0.6 is 11.6 Å². The average Bonchev–Trinajstić information content (AvgIpc) is 2.46. The van der Waals surface area contributed by atoms with E-state index in [0.717, 1.165) is 44.1 Å². The maximum absolute atomic E-state index is 12.2. The first-order chi connectivity index (χ1) is 9.20. The minimum absolute atomic E-state index is 0.203. The monoisotopic (exact) mass is 285 g/mol. The molecule has 2 fully saturated rings. The molecule has 2 aliphatic rings. The fourth-order valence-electron chi connectivity index (χ4n) is 3.81. The first-order valence-electron chi connectivity index (χ1n) is 8.12. The van der Waals surface area contributed by atoms with Gasteiger partial charge in [0.15, 0.2) is 0 Å². The lowest BCUT2D eigenvalue weighted by Crippen LogP contribution is -2.38. The molecule has 0 radical (unpaired) electrons. The third-order valence-electron chi connectivity index (χ3n) is 5.11. The van der Waals surface area contributed by atoms with E-state index in [1.165, 1.54) is 32.1 Å². The van der Waals surface area contributed by atoms with Crippen molar-refractivity contribution in [1.82, 2.24) is 5.32 Å². The van der Waals surface area contributed by atoms with Crippen molar-refractivity contribution in [2.45, 2.75) is 70.1 Å². The van der Waals surface area contributed by atoms with Gasteiger partial charge in [0.2, 0.25) is 5.91 Å². The summed E-state index contributed by atoms with van der Waals surface area (Å²) >= 11 is 6.07. The third-order valence-corrected chi connectivity index (χ3v) is 5.64. The summed E-state index contributed by atoms with van der Waals surface area (Å²) in [6.45, 7) is 2.83. The zero-order valence-electron chi connectivity index (χ0n) is 12.2. The number of hydrogen-bond donors (Lipinski definition) is 1. The van der Waals surface area contributed by atoms with E-state index in [1.807, 2.05) is 0 Å². The molecule has 0 aromatic heterocycles. The fourth-order valence-corrected chi connectivity index (χ4v) is 3.92. The molecule has 2 saturated carbocycles. The molecule has 0 saturated heterocycles. The molecule has 2 aliphatic carbocycles. The number of fused-ring (bicyclic) bond motifs is 1. The molecule has 0 heterocycles. The van der Waals surface area contributed by atoms with Gasteiger partial charge in [-0.1, -0.05) is 32.6 Å². The van der Waals surface area contributed by atoms with Gasteiger partial charge in [0.25, 0.3) is 0 Å². The number of nitrogens with one attached hydrogen (secondary N) is 1. The van der Waals surface area contributed by atoms with E-state index >= 15 is 0 Å². The molecule has 0 aromatic rings. The van der Waals surface area contributed by atoms with Gasteiger partial charge in [-0.2, -0.15) is 0 Å². The molecule has 0 aliphatic heterocycles. The second-order valence-electron chi connectivity index (χ2n) is 6.40. The summed E-state index contributed by atoms with van der Waals surface area (Å²) in [6, 6.07) is 0. The second-order valence-corrected chi connectivity index (χ2v) is 7.02. The van der Waals surface area contributed by atoms with E-state index in [2.05, 4.69) is 12.2 Å². The molecule has 4 unspecified atom stereocenters. The van der Waals surface area contributed by atoms with Crippen molar-refractivity contribution < 1.29 is 4.79 Å². The summed E-state index contributed by atoms with van der Waals surface area (Å²) in [6.07, 6.45) is 10.9. The highest BCUT2D eigenvalue weighted by molar-refractivity contribution is 6.20. The normalized spacial score (nSPS) is 32.4. The van der Waals surface area contributed by atoms with Crippen LogP contribution in [0.15, 0.2) is 0 Å². The number of halogens is 1. The van der Waals surface area contributed by atoms with Crippen LogP contribution < -0.4 is 5.32 Å². The van der Waals surface area contributed by atoms with E-state index in [-0.39, 0.29) is 17.2 Å². The van der Waals surface area contributed by atoms with Crippen LogP contribution in [0, 0.1) is 17.8 Å². The molecule has 3 heteroatoms. The standard InChI is InChI=1S/C16H28ClNO/c1-2-15(17)9-10-18-16(19)14-8-7-12-5-3-4-6-13(12)11-14/h12-15H,2-11H2,1H3,(H,18,19). The van der Waals surface area contributed by atoms with Crippen molar-refractivity contribution in [3.63, 3.8) is 0 Å². The number of hydrogen-bond acceptors (Lipinski definition) is 1. The molecular weight excluding hydrogens is 258 g/mol. The lowest BCUT2D eigenvalue weighted by atomic mass is 9.67. The minimum atomic E-state index is 0.203. The number of amides is 1. The molecular formula is C16H28ClNO. The van der Waals surface area contributed by atoms with E-state index in [0.29, 0.717) is 0 Å². The number of alkyl halides is 1. The Morgan fingerprint density at radius 2 is 1.95 bits per heavy atom. The Morgan fingerprint density at radius 3 is 2.68 bits per heavy atom. The predicted octanol–water partition coefficient (Wildman–Crippen LogP) is 4.12. The van der Waals surface area contributed by atoms with E-state index in [9.17, 15) is 4.79 Å². The summed E-state index contributed by atoms with van der Waals surface area (Å²) in [5.41, 5.74) is 0. The summed E-state index contributed by atoms with van der Waals surface area (Å²) in [5.74, 6) is 2.30. The highest BCUT2D eigenvalue weighted by atomic mass is 35.5. The first kappa shape index (κ1) is 15.2. The summed E-state index contributed by atoms with van der Waals surface area (Å²) in [5, 5.41) is 3.29. The van der Waals surface area contributed by atoms with Gasteiger partial charge < -0.3 is 5.32 Å². The van der Waals surface area contributed by atoms with Crippen LogP contribution in [-0.4, -0.2) is 17.8 Å². The van der Waals surface area contributed by atoms with Gasteiger partial charge in [-0.05, 0) is 43.9 Å². The van der Waals surface area contributed by atoms with Gasteiger partial charge in [0.1, 0.15) is 0 Å². The lowest BCUT2D eigenvalue weighted by Gasteiger charge is -2.38. The van der Waals surface area contributed by atoms with Crippen LogP contribution in [0.1, 0.15) is 64.7 Å². The quantitative estimate of drug-likeness (QED) is 0.757. The number of rotatable bonds is 5. The second kappa shape index (κ2) is 7.52. The highest BCUT2D eigenvalue weighted by Gasteiger charge is 2.34. The smallest absolute Gasteiger partial charge is 0.223 e. The van der Waals surface area contributed by atoms with Gasteiger partial charge in [-0.25, -0.2) is 0 Å². The maximum Gasteiger partial charge on any atom is 0.223 e.